The van der Waals surface area contributed by atoms with E-state index >= 15 is 0 Å². The summed E-state index contributed by atoms with van der Waals surface area (Å²) in [6, 6.07) is 0. The van der Waals surface area contributed by atoms with Crippen LogP contribution in [0.25, 0.3) is 0 Å². The van der Waals surface area contributed by atoms with Gasteiger partial charge in [-0.15, -0.1) is 0 Å². The molecular weight excluding hydrogens is 476 g/mol. The zero-order valence-corrected chi connectivity index (χ0v) is 23.5. The van der Waals surface area contributed by atoms with Crippen molar-refractivity contribution in [1.29, 1.82) is 0 Å². The van der Waals surface area contributed by atoms with E-state index in [0.29, 0.717) is 25.7 Å². The molecule has 2 saturated carbocycles. The molecule has 0 aromatic rings. The lowest BCUT2D eigenvalue weighted by Crippen LogP contribution is -2.56. The highest BCUT2D eigenvalue weighted by Gasteiger charge is 2.54. The van der Waals surface area contributed by atoms with Gasteiger partial charge in [0.2, 0.25) is 0 Å². The van der Waals surface area contributed by atoms with Crippen molar-refractivity contribution in [2.24, 2.45) is 23.7 Å². The van der Waals surface area contributed by atoms with Gasteiger partial charge >= 0.3 is 32.4 Å². The Morgan fingerprint density at radius 2 is 0.909 bits per heavy atom. The van der Waals surface area contributed by atoms with Crippen molar-refractivity contribution in [3.05, 3.63) is 0 Å². The van der Waals surface area contributed by atoms with Crippen molar-refractivity contribution in [2.45, 2.75) is 88.9 Å². The molecule has 0 radical (unpaired) electrons. The normalized spacial score (nSPS) is 35.2. The van der Waals surface area contributed by atoms with Crippen molar-refractivity contribution >= 4 is 49.1 Å². The summed E-state index contributed by atoms with van der Waals surface area (Å²) in [6.45, 7) is 13.0. The molecule has 33 heavy (non-hydrogen) atoms. The zero-order chi connectivity index (χ0) is 24.3. The van der Waals surface area contributed by atoms with E-state index in [-0.39, 0.29) is 58.6 Å². The van der Waals surface area contributed by atoms with Crippen LogP contribution in [0.4, 0.5) is 0 Å². The summed E-state index contributed by atoms with van der Waals surface area (Å²) in [4.78, 5) is 48.1. The second kappa shape index (κ2) is 8.51. The monoisotopic (exact) mass is 512 g/mol. The highest BCUT2D eigenvalue weighted by atomic mass is 28.5. The second-order valence-corrected chi connectivity index (χ2v) is 24.2. The molecule has 6 unspecified atom stereocenters. The van der Waals surface area contributed by atoms with Crippen molar-refractivity contribution in [1.82, 2.24) is 0 Å². The summed E-state index contributed by atoms with van der Waals surface area (Å²) in [5.74, 6) is -2.69. The summed E-state index contributed by atoms with van der Waals surface area (Å²) in [5, 5.41) is 0. The van der Waals surface area contributed by atoms with Gasteiger partial charge in [-0.1, -0.05) is 0 Å². The molecule has 2 saturated heterocycles. The molecule has 0 aromatic carbocycles. The van der Waals surface area contributed by atoms with Crippen molar-refractivity contribution in [3.8, 4) is 0 Å². The number of rotatable bonds is 6. The van der Waals surface area contributed by atoms with Crippen molar-refractivity contribution in [2.75, 3.05) is 0 Å². The lowest BCUT2D eigenvalue weighted by Gasteiger charge is -2.46. The predicted octanol–water partition coefficient (Wildman–Crippen LogP) is 3.87. The van der Waals surface area contributed by atoms with Crippen LogP contribution in [-0.2, 0) is 36.9 Å². The van der Waals surface area contributed by atoms with Crippen LogP contribution in [0.15, 0.2) is 0 Å². The largest absolute Gasteiger partial charge is 0.436 e. The van der Waals surface area contributed by atoms with Crippen LogP contribution in [0.1, 0.15) is 38.5 Å². The molecule has 0 aromatic heterocycles. The highest BCUT2D eigenvalue weighted by molar-refractivity contribution is 6.88. The first-order valence-electron chi connectivity index (χ1n) is 12.1. The molecule has 0 spiro atoms. The minimum absolute atomic E-state index is 0.270. The van der Waals surface area contributed by atoms with Gasteiger partial charge in [0.05, 0.1) is 23.7 Å². The van der Waals surface area contributed by atoms with Gasteiger partial charge in [-0.2, -0.15) is 0 Å². The van der Waals surface area contributed by atoms with Gasteiger partial charge < -0.3 is 17.7 Å². The molecule has 0 amide bonds. The second-order valence-electron chi connectivity index (χ2n) is 11.7. The van der Waals surface area contributed by atoms with Crippen LogP contribution in [0.2, 0.25) is 50.4 Å². The summed E-state index contributed by atoms with van der Waals surface area (Å²) in [5.41, 5.74) is 0.541. The summed E-state index contributed by atoms with van der Waals surface area (Å²) >= 11 is 0. The fourth-order valence-electron chi connectivity index (χ4n) is 6.64. The van der Waals surface area contributed by atoms with E-state index in [4.69, 9.17) is 17.7 Å². The number of carbonyl (C=O) groups is 4. The van der Waals surface area contributed by atoms with Gasteiger partial charge in [0.25, 0.3) is 0 Å². The number of esters is 4. The maximum absolute atomic E-state index is 12.1. The molecule has 4 fully saturated rings. The third-order valence-electron chi connectivity index (χ3n) is 8.30. The summed E-state index contributed by atoms with van der Waals surface area (Å²) in [7, 11) is -6.95. The number of carbonyl (C=O) groups excluding carboxylic acids is 4. The standard InChI is InChI=1S/C22H36O8Si3/c1-31(2,13-7-9-15-17(11-13)21(25)27-19(15)23)29-33(5,6)30-32(3,4)14-8-10-16-18(12-14)22(26)28-20(16)24/h13-18H,7-12H2,1-6H3. The molecule has 0 N–H and O–H groups in total. The van der Waals surface area contributed by atoms with Crippen LogP contribution >= 0.6 is 0 Å². The smallest absolute Gasteiger partial charge is 0.317 e. The average molecular weight is 513 g/mol. The Labute approximate surface area is 198 Å². The van der Waals surface area contributed by atoms with Crippen LogP contribution in [0, 0.1) is 23.7 Å². The van der Waals surface area contributed by atoms with Crippen molar-refractivity contribution < 1.29 is 36.9 Å². The van der Waals surface area contributed by atoms with E-state index < -0.39 is 25.2 Å². The molecule has 11 heteroatoms. The van der Waals surface area contributed by atoms with E-state index in [0.717, 1.165) is 12.8 Å². The third kappa shape index (κ3) is 4.84. The van der Waals surface area contributed by atoms with E-state index in [1.807, 2.05) is 0 Å². The van der Waals surface area contributed by atoms with Gasteiger partial charge in [0, 0.05) is 0 Å². The molecule has 6 atom stereocenters. The third-order valence-corrected chi connectivity index (χ3v) is 21.4. The summed E-state index contributed by atoms with van der Waals surface area (Å²) in [6.07, 6.45) is 4.42. The molecule has 0 bridgehead atoms. The zero-order valence-electron chi connectivity index (χ0n) is 20.5. The SMILES string of the molecule is C[Si](C)(O[Si](C)(C)C1CCC2C(=O)OC(=O)C2C1)O[Si](C)(C)C1CCC2C(=O)OC(=O)C2C1. The maximum atomic E-state index is 12.1. The molecule has 2 aliphatic carbocycles. The predicted molar refractivity (Wildman–Crippen MR) is 126 cm³/mol. The van der Waals surface area contributed by atoms with Crippen molar-refractivity contribution in [3.63, 3.8) is 0 Å². The molecular formula is C22H36O8Si3. The number of hydrogen-bond acceptors (Lipinski definition) is 8. The fourth-order valence-corrected chi connectivity index (χ4v) is 22.0. The van der Waals surface area contributed by atoms with E-state index in [1.54, 1.807) is 0 Å². The van der Waals surface area contributed by atoms with E-state index in [1.165, 1.54) is 0 Å². The lowest BCUT2D eigenvalue weighted by molar-refractivity contribution is -0.155. The van der Waals surface area contributed by atoms with E-state index in [2.05, 4.69) is 39.3 Å². The van der Waals surface area contributed by atoms with E-state index in [9.17, 15) is 19.2 Å². The molecule has 2 heterocycles. The topological polar surface area (TPSA) is 105 Å². The Bertz CT molecular complexity index is 802. The number of hydrogen-bond donors (Lipinski definition) is 0. The van der Waals surface area contributed by atoms with Crippen LogP contribution < -0.4 is 0 Å². The summed E-state index contributed by atoms with van der Waals surface area (Å²) < 4.78 is 23.4. The molecule has 184 valence electrons. The van der Waals surface area contributed by atoms with Crippen LogP contribution in [-0.4, -0.2) is 49.1 Å². The lowest BCUT2D eigenvalue weighted by atomic mass is 9.81. The van der Waals surface area contributed by atoms with Crippen LogP contribution in [0.5, 0.6) is 0 Å². The number of cyclic esters (lactones) is 4. The number of ether oxygens (including phenoxy) is 2. The first-order valence-corrected chi connectivity index (χ1v) is 20.9. The molecule has 2 aliphatic heterocycles. The van der Waals surface area contributed by atoms with Crippen LogP contribution in [0.3, 0.4) is 0 Å². The first-order chi connectivity index (χ1) is 15.2. The Morgan fingerprint density at radius 3 is 1.27 bits per heavy atom. The molecule has 4 rings (SSSR count). The van der Waals surface area contributed by atoms with Gasteiger partial charge in [-0.05, 0) is 88.9 Å². The molecule has 4 aliphatic rings. The minimum Gasteiger partial charge on any atom is -0.436 e. The van der Waals surface area contributed by atoms with Gasteiger partial charge in [-0.25, -0.2) is 0 Å². The highest BCUT2D eigenvalue weighted by Crippen LogP contribution is 2.49. The Morgan fingerprint density at radius 1 is 0.576 bits per heavy atom. The molecule has 8 nitrogen and oxygen atoms in total. The Hall–Kier alpha value is -1.15. The quantitative estimate of drug-likeness (QED) is 0.300. The number of fused-ring (bicyclic) bond motifs is 2. The average Bonchev–Trinajstić information content (AvgIpc) is 3.14. The minimum atomic E-state index is -2.51. The van der Waals surface area contributed by atoms with Gasteiger partial charge in [0.1, 0.15) is 0 Å². The Kier molecular flexibility index (Phi) is 6.43. The fraction of sp³-hybridized carbons (Fsp3) is 0.818. The Balaban J connectivity index is 1.39. The van der Waals surface area contributed by atoms with Gasteiger partial charge in [-0.3, -0.25) is 19.2 Å². The first kappa shape index (κ1) is 25.0. The van der Waals surface area contributed by atoms with Gasteiger partial charge in [0.15, 0.2) is 16.6 Å². The maximum Gasteiger partial charge on any atom is 0.317 e.